The molecule has 0 fully saturated rings. The highest BCUT2D eigenvalue weighted by molar-refractivity contribution is 6.33. The van der Waals surface area contributed by atoms with Crippen molar-refractivity contribution >= 4 is 28.6 Å². The van der Waals surface area contributed by atoms with Crippen LogP contribution in [0.2, 0.25) is 0 Å². The summed E-state index contributed by atoms with van der Waals surface area (Å²) in [6, 6.07) is 6.39. The number of benzene rings is 2. The van der Waals surface area contributed by atoms with E-state index in [1.165, 1.54) is 12.1 Å². The zero-order valence-corrected chi connectivity index (χ0v) is 10.9. The SMILES string of the molecule is Cc1ccc(N)c2c1C(=O)c1c(N)ccc(N)c1C2=O. The van der Waals surface area contributed by atoms with Crippen LogP contribution in [0.3, 0.4) is 0 Å². The molecule has 1 aliphatic rings. The average Bonchev–Trinajstić information content (AvgIpc) is 2.41. The summed E-state index contributed by atoms with van der Waals surface area (Å²) in [7, 11) is 0. The van der Waals surface area contributed by atoms with Gasteiger partial charge in [0.05, 0.1) is 16.7 Å². The number of anilines is 3. The van der Waals surface area contributed by atoms with E-state index in [-0.39, 0.29) is 45.3 Å². The molecule has 0 amide bonds. The van der Waals surface area contributed by atoms with E-state index in [1.807, 2.05) is 0 Å². The first-order chi connectivity index (χ1) is 9.43. The fourth-order valence-electron chi connectivity index (χ4n) is 2.63. The first kappa shape index (κ1) is 12.2. The maximum atomic E-state index is 12.7. The van der Waals surface area contributed by atoms with Crippen LogP contribution in [0.15, 0.2) is 24.3 Å². The van der Waals surface area contributed by atoms with Crippen molar-refractivity contribution in [1.29, 1.82) is 0 Å². The molecule has 0 radical (unpaired) electrons. The minimum Gasteiger partial charge on any atom is -0.398 e. The van der Waals surface area contributed by atoms with Gasteiger partial charge in [-0.15, -0.1) is 0 Å². The second kappa shape index (κ2) is 3.84. The van der Waals surface area contributed by atoms with Crippen LogP contribution in [0.25, 0.3) is 0 Å². The van der Waals surface area contributed by atoms with Crippen molar-refractivity contribution < 1.29 is 9.59 Å². The Morgan fingerprint density at radius 1 is 0.650 bits per heavy atom. The Balaban J connectivity index is 2.46. The number of nitrogen functional groups attached to an aromatic ring is 3. The fraction of sp³-hybridized carbons (Fsp3) is 0.0667. The van der Waals surface area contributed by atoms with Gasteiger partial charge in [0.15, 0.2) is 11.6 Å². The number of nitrogens with two attached hydrogens (primary N) is 3. The highest BCUT2D eigenvalue weighted by Gasteiger charge is 2.35. The van der Waals surface area contributed by atoms with Crippen LogP contribution in [0.4, 0.5) is 17.1 Å². The third-order valence-electron chi connectivity index (χ3n) is 3.62. The van der Waals surface area contributed by atoms with Crippen LogP contribution < -0.4 is 17.2 Å². The Hall–Kier alpha value is -2.82. The van der Waals surface area contributed by atoms with Crippen LogP contribution in [0.1, 0.15) is 37.4 Å². The maximum Gasteiger partial charge on any atom is 0.198 e. The van der Waals surface area contributed by atoms with Gasteiger partial charge in [-0.1, -0.05) is 6.07 Å². The van der Waals surface area contributed by atoms with Crippen molar-refractivity contribution in [3.8, 4) is 0 Å². The summed E-state index contributed by atoms with van der Waals surface area (Å²) in [5.41, 5.74) is 19.9. The number of hydrogen-bond donors (Lipinski definition) is 3. The Morgan fingerprint density at radius 3 is 1.50 bits per heavy atom. The highest BCUT2D eigenvalue weighted by atomic mass is 16.1. The van der Waals surface area contributed by atoms with E-state index < -0.39 is 0 Å². The predicted molar refractivity (Wildman–Crippen MR) is 77.7 cm³/mol. The predicted octanol–water partition coefficient (Wildman–Crippen LogP) is 1.52. The Bertz CT molecular complexity index is 665. The summed E-state index contributed by atoms with van der Waals surface area (Å²) in [6.45, 7) is 1.76. The van der Waals surface area contributed by atoms with Crippen molar-refractivity contribution in [1.82, 2.24) is 0 Å². The van der Waals surface area contributed by atoms with E-state index in [1.54, 1.807) is 19.1 Å². The highest BCUT2D eigenvalue weighted by Crippen LogP contribution is 2.37. The van der Waals surface area contributed by atoms with E-state index >= 15 is 0 Å². The largest absolute Gasteiger partial charge is 0.398 e. The van der Waals surface area contributed by atoms with Gasteiger partial charge in [-0.05, 0) is 30.7 Å². The number of ketones is 2. The smallest absolute Gasteiger partial charge is 0.198 e. The fourth-order valence-corrected chi connectivity index (χ4v) is 2.63. The molecule has 0 spiro atoms. The van der Waals surface area contributed by atoms with Crippen LogP contribution in [-0.4, -0.2) is 11.6 Å². The Morgan fingerprint density at radius 2 is 1.00 bits per heavy atom. The standard InChI is InChI=1S/C15H13N3O2/c1-6-2-3-7(16)11-10(6)14(19)12-8(17)4-5-9(18)13(12)15(11)20/h2-5H,16-18H2,1H3. The zero-order valence-electron chi connectivity index (χ0n) is 10.9. The Kier molecular flexibility index (Phi) is 2.34. The van der Waals surface area contributed by atoms with Gasteiger partial charge < -0.3 is 17.2 Å². The monoisotopic (exact) mass is 267 g/mol. The molecule has 5 heteroatoms. The lowest BCUT2D eigenvalue weighted by Crippen LogP contribution is -2.25. The van der Waals surface area contributed by atoms with Crippen molar-refractivity contribution in [2.45, 2.75) is 6.92 Å². The summed E-state index contributed by atoms with van der Waals surface area (Å²) in [4.78, 5) is 25.3. The number of carbonyl (C=O) groups is 2. The van der Waals surface area contributed by atoms with Gasteiger partial charge >= 0.3 is 0 Å². The molecule has 0 saturated carbocycles. The molecule has 0 bridgehead atoms. The number of fused-ring (bicyclic) bond motifs is 2. The van der Waals surface area contributed by atoms with Crippen molar-refractivity contribution in [2.24, 2.45) is 0 Å². The van der Waals surface area contributed by atoms with E-state index in [9.17, 15) is 9.59 Å². The van der Waals surface area contributed by atoms with Crippen molar-refractivity contribution in [2.75, 3.05) is 17.2 Å². The van der Waals surface area contributed by atoms with Gasteiger partial charge in [-0.2, -0.15) is 0 Å². The van der Waals surface area contributed by atoms with Gasteiger partial charge in [-0.3, -0.25) is 9.59 Å². The minimum atomic E-state index is -0.347. The second-order valence-electron chi connectivity index (χ2n) is 4.87. The molecule has 0 unspecified atom stereocenters. The molecule has 20 heavy (non-hydrogen) atoms. The Labute approximate surface area is 115 Å². The van der Waals surface area contributed by atoms with Gasteiger partial charge in [-0.25, -0.2) is 0 Å². The number of hydrogen-bond acceptors (Lipinski definition) is 5. The molecule has 0 heterocycles. The molecule has 5 nitrogen and oxygen atoms in total. The number of carbonyl (C=O) groups excluding carboxylic acids is 2. The molecule has 100 valence electrons. The third-order valence-corrected chi connectivity index (χ3v) is 3.62. The number of rotatable bonds is 0. The van der Waals surface area contributed by atoms with E-state index in [0.717, 1.165) is 0 Å². The van der Waals surface area contributed by atoms with Gasteiger partial charge in [0, 0.05) is 22.6 Å². The lowest BCUT2D eigenvalue weighted by Gasteiger charge is -2.22. The van der Waals surface area contributed by atoms with Gasteiger partial charge in [0.25, 0.3) is 0 Å². The van der Waals surface area contributed by atoms with Gasteiger partial charge in [0.2, 0.25) is 0 Å². The maximum absolute atomic E-state index is 12.7. The quantitative estimate of drug-likeness (QED) is 0.534. The summed E-state index contributed by atoms with van der Waals surface area (Å²) in [6.07, 6.45) is 0. The van der Waals surface area contributed by atoms with Crippen LogP contribution in [0, 0.1) is 6.92 Å². The molecule has 0 atom stereocenters. The second-order valence-corrected chi connectivity index (χ2v) is 4.87. The summed E-state index contributed by atoms with van der Waals surface area (Å²) in [5, 5.41) is 0. The molecule has 2 aromatic rings. The van der Waals surface area contributed by atoms with E-state index in [4.69, 9.17) is 17.2 Å². The van der Waals surface area contributed by atoms with Crippen LogP contribution in [0.5, 0.6) is 0 Å². The first-order valence-corrected chi connectivity index (χ1v) is 6.10. The lowest BCUT2D eigenvalue weighted by molar-refractivity contribution is 0.0980. The average molecular weight is 267 g/mol. The summed E-state index contributed by atoms with van der Waals surface area (Å²) in [5.74, 6) is -0.648. The topological polar surface area (TPSA) is 112 Å². The van der Waals surface area contributed by atoms with E-state index in [2.05, 4.69) is 0 Å². The molecular formula is C15H13N3O2. The molecule has 0 saturated heterocycles. The molecule has 6 N–H and O–H groups in total. The number of aryl methyl sites for hydroxylation is 1. The molecule has 1 aliphatic carbocycles. The molecule has 0 aliphatic heterocycles. The minimum absolute atomic E-state index is 0.153. The van der Waals surface area contributed by atoms with Gasteiger partial charge in [0.1, 0.15) is 0 Å². The lowest BCUT2D eigenvalue weighted by atomic mass is 9.80. The first-order valence-electron chi connectivity index (χ1n) is 6.10. The van der Waals surface area contributed by atoms with Crippen molar-refractivity contribution in [3.05, 3.63) is 52.1 Å². The molecule has 3 rings (SSSR count). The molecule has 0 aromatic heterocycles. The zero-order chi connectivity index (χ0) is 14.6. The summed E-state index contributed by atoms with van der Waals surface area (Å²) >= 11 is 0. The van der Waals surface area contributed by atoms with Crippen LogP contribution in [-0.2, 0) is 0 Å². The molecule has 2 aromatic carbocycles. The third kappa shape index (κ3) is 1.37. The van der Waals surface area contributed by atoms with Crippen LogP contribution >= 0.6 is 0 Å². The van der Waals surface area contributed by atoms with E-state index in [0.29, 0.717) is 11.1 Å². The normalized spacial score (nSPS) is 13.1. The molecular weight excluding hydrogens is 254 g/mol. The van der Waals surface area contributed by atoms with Crippen molar-refractivity contribution in [3.63, 3.8) is 0 Å². The summed E-state index contributed by atoms with van der Waals surface area (Å²) < 4.78 is 0.